The summed E-state index contributed by atoms with van der Waals surface area (Å²) in [4.78, 5) is 0. The van der Waals surface area contributed by atoms with Gasteiger partial charge in [0.1, 0.15) is 29.9 Å². The molecule has 0 spiro atoms. The molecule has 0 saturated carbocycles. The molecule has 0 aromatic rings. The minimum absolute atomic E-state index is 0.185. The van der Waals surface area contributed by atoms with E-state index in [4.69, 9.17) is 18.9 Å². The largest absolute Gasteiger partial charge is 0.387 e. The highest BCUT2D eigenvalue weighted by molar-refractivity contribution is 7.99. The van der Waals surface area contributed by atoms with E-state index in [9.17, 15) is 5.11 Å². The predicted octanol–water partition coefficient (Wildman–Crippen LogP) is 0.992. The number of hydrogen-bond acceptors (Lipinski definition) is 6. The zero-order valence-corrected chi connectivity index (χ0v) is 12.1. The molecule has 18 heavy (non-hydrogen) atoms. The lowest BCUT2D eigenvalue weighted by Gasteiger charge is -2.49. The molecule has 2 saturated heterocycles. The van der Waals surface area contributed by atoms with Gasteiger partial charge in [0.2, 0.25) is 0 Å². The first-order valence-corrected chi connectivity index (χ1v) is 7.33. The van der Waals surface area contributed by atoms with E-state index in [0.29, 0.717) is 6.61 Å². The van der Waals surface area contributed by atoms with Crippen LogP contribution in [0.1, 0.15) is 20.8 Å². The molecule has 3 unspecified atom stereocenters. The van der Waals surface area contributed by atoms with Gasteiger partial charge in [-0.15, -0.1) is 11.8 Å². The molecule has 2 fully saturated rings. The van der Waals surface area contributed by atoms with Crippen molar-refractivity contribution >= 4 is 11.8 Å². The van der Waals surface area contributed by atoms with Crippen LogP contribution in [0.3, 0.4) is 0 Å². The Labute approximate surface area is 112 Å². The molecule has 2 aliphatic rings. The third kappa shape index (κ3) is 2.84. The van der Waals surface area contributed by atoms with Crippen LogP contribution in [0, 0.1) is 0 Å². The van der Waals surface area contributed by atoms with E-state index >= 15 is 0 Å². The van der Waals surface area contributed by atoms with Crippen molar-refractivity contribution in [2.24, 2.45) is 0 Å². The quantitative estimate of drug-likeness (QED) is 0.831. The number of rotatable bonds is 3. The third-order valence-electron chi connectivity index (χ3n) is 3.23. The van der Waals surface area contributed by atoms with Gasteiger partial charge in [0.15, 0.2) is 5.79 Å². The van der Waals surface area contributed by atoms with Crippen LogP contribution in [-0.2, 0) is 18.9 Å². The molecule has 2 heterocycles. The maximum atomic E-state index is 10.3. The van der Waals surface area contributed by atoms with Crippen molar-refractivity contribution in [2.75, 3.05) is 19.5 Å². The van der Waals surface area contributed by atoms with Gasteiger partial charge < -0.3 is 24.1 Å². The lowest BCUT2D eigenvalue weighted by Crippen LogP contribution is -2.64. The van der Waals surface area contributed by atoms with Crippen molar-refractivity contribution in [3.8, 4) is 0 Å². The predicted molar refractivity (Wildman–Crippen MR) is 68.5 cm³/mol. The number of hydrogen-bond donors (Lipinski definition) is 1. The number of thioether (sulfide) groups is 1. The van der Waals surface area contributed by atoms with Gasteiger partial charge in [-0.2, -0.15) is 0 Å². The molecule has 2 rings (SSSR count). The first kappa shape index (κ1) is 14.6. The monoisotopic (exact) mass is 278 g/mol. The molecule has 0 amide bonds. The fourth-order valence-corrected chi connectivity index (χ4v) is 3.29. The molecule has 0 radical (unpaired) electrons. The van der Waals surface area contributed by atoms with Gasteiger partial charge >= 0.3 is 0 Å². The average molecular weight is 278 g/mol. The molecule has 2 aliphatic heterocycles. The van der Waals surface area contributed by atoms with E-state index in [1.165, 1.54) is 0 Å². The first-order valence-electron chi connectivity index (χ1n) is 6.28. The molecule has 5 nitrogen and oxygen atoms in total. The second-order valence-electron chi connectivity index (χ2n) is 4.98. The van der Waals surface area contributed by atoms with Crippen LogP contribution in [0.2, 0.25) is 0 Å². The van der Waals surface area contributed by atoms with E-state index in [1.807, 2.05) is 20.8 Å². The zero-order valence-electron chi connectivity index (χ0n) is 11.3. The van der Waals surface area contributed by atoms with Crippen molar-refractivity contribution in [1.29, 1.82) is 0 Å². The van der Waals surface area contributed by atoms with Crippen LogP contribution in [0.15, 0.2) is 0 Å². The summed E-state index contributed by atoms with van der Waals surface area (Å²) in [5.74, 6) is 0.217. The average Bonchev–Trinajstić information content (AvgIpc) is 2.30. The zero-order chi connectivity index (χ0) is 13.3. The Bertz CT molecular complexity index is 286. The Morgan fingerprint density at radius 3 is 2.78 bits per heavy atom. The molecular formula is C12H22O5S. The number of aliphatic hydroxyl groups is 1. The third-order valence-corrected chi connectivity index (χ3v) is 4.28. The molecule has 106 valence electrons. The van der Waals surface area contributed by atoms with Crippen LogP contribution in [0.5, 0.6) is 0 Å². The Balaban J connectivity index is 2.12. The van der Waals surface area contributed by atoms with E-state index < -0.39 is 11.9 Å². The molecule has 5 atom stereocenters. The SMILES string of the molecule is CCSC1OC2COC(C)(C)O[C@@H]2[C@H](OC)C1O. The van der Waals surface area contributed by atoms with Gasteiger partial charge in [-0.05, 0) is 19.6 Å². The highest BCUT2D eigenvalue weighted by atomic mass is 32.2. The lowest BCUT2D eigenvalue weighted by atomic mass is 9.98. The molecule has 0 aromatic heterocycles. The maximum Gasteiger partial charge on any atom is 0.163 e. The van der Waals surface area contributed by atoms with Crippen molar-refractivity contribution in [2.45, 2.75) is 56.4 Å². The van der Waals surface area contributed by atoms with E-state index in [2.05, 4.69) is 0 Å². The van der Waals surface area contributed by atoms with E-state index in [0.717, 1.165) is 5.75 Å². The summed E-state index contributed by atoms with van der Waals surface area (Å²) in [5, 5.41) is 10.3. The smallest absolute Gasteiger partial charge is 0.163 e. The standard InChI is InChI=1S/C12H22O5S/c1-5-18-11-8(13)10(14-4)9-7(16-11)6-15-12(2,3)17-9/h7-11,13H,5-6H2,1-4H3/t7?,8?,9-,10+,11?/m0/s1. The highest BCUT2D eigenvalue weighted by Crippen LogP contribution is 2.36. The van der Waals surface area contributed by atoms with Gasteiger partial charge in [0, 0.05) is 7.11 Å². The second-order valence-corrected chi connectivity index (χ2v) is 6.36. The summed E-state index contributed by atoms with van der Waals surface area (Å²) in [6.07, 6.45) is -1.54. The van der Waals surface area contributed by atoms with Gasteiger partial charge in [0.05, 0.1) is 6.61 Å². The Morgan fingerprint density at radius 1 is 1.44 bits per heavy atom. The molecule has 0 aromatic carbocycles. The Morgan fingerprint density at radius 2 is 2.17 bits per heavy atom. The summed E-state index contributed by atoms with van der Waals surface area (Å²) in [6.45, 7) is 6.21. The maximum absolute atomic E-state index is 10.3. The summed E-state index contributed by atoms with van der Waals surface area (Å²) in [7, 11) is 1.59. The number of methoxy groups -OCH3 is 1. The topological polar surface area (TPSA) is 57.2 Å². The minimum atomic E-state index is -0.685. The highest BCUT2D eigenvalue weighted by Gasteiger charge is 2.51. The number of aliphatic hydroxyl groups excluding tert-OH is 1. The summed E-state index contributed by atoms with van der Waals surface area (Å²) >= 11 is 1.57. The molecule has 1 N–H and O–H groups in total. The van der Waals surface area contributed by atoms with E-state index in [-0.39, 0.29) is 23.7 Å². The van der Waals surface area contributed by atoms with E-state index in [1.54, 1.807) is 18.9 Å². The van der Waals surface area contributed by atoms with Crippen molar-refractivity contribution < 1.29 is 24.1 Å². The van der Waals surface area contributed by atoms with Crippen molar-refractivity contribution in [1.82, 2.24) is 0 Å². The van der Waals surface area contributed by atoms with Crippen LogP contribution >= 0.6 is 11.8 Å². The van der Waals surface area contributed by atoms with Crippen LogP contribution in [0.4, 0.5) is 0 Å². The molecule has 0 bridgehead atoms. The lowest BCUT2D eigenvalue weighted by molar-refractivity contribution is -0.352. The Hall–Kier alpha value is 0.150. The van der Waals surface area contributed by atoms with Crippen molar-refractivity contribution in [3.05, 3.63) is 0 Å². The van der Waals surface area contributed by atoms with Crippen molar-refractivity contribution in [3.63, 3.8) is 0 Å². The summed E-state index contributed by atoms with van der Waals surface area (Å²) < 4.78 is 22.7. The second kappa shape index (κ2) is 5.64. The number of ether oxygens (including phenoxy) is 4. The first-order chi connectivity index (χ1) is 8.48. The van der Waals surface area contributed by atoms with Gasteiger partial charge in [0.25, 0.3) is 0 Å². The van der Waals surface area contributed by atoms with Gasteiger partial charge in [-0.25, -0.2) is 0 Å². The summed E-state index contributed by atoms with van der Waals surface area (Å²) in [6, 6.07) is 0. The number of fused-ring (bicyclic) bond motifs is 1. The molecular weight excluding hydrogens is 256 g/mol. The Kier molecular flexibility index (Phi) is 4.57. The molecule has 0 aliphatic carbocycles. The fraction of sp³-hybridized carbons (Fsp3) is 1.00. The fourth-order valence-electron chi connectivity index (χ4n) is 2.39. The van der Waals surface area contributed by atoms with Gasteiger partial charge in [-0.3, -0.25) is 0 Å². The summed E-state index contributed by atoms with van der Waals surface area (Å²) in [5.41, 5.74) is -0.283. The molecule has 6 heteroatoms. The van der Waals surface area contributed by atoms with Gasteiger partial charge in [-0.1, -0.05) is 6.92 Å². The normalized spacial score (nSPS) is 43.5. The van der Waals surface area contributed by atoms with Crippen LogP contribution in [-0.4, -0.2) is 60.2 Å². The van der Waals surface area contributed by atoms with Crippen LogP contribution in [0.25, 0.3) is 0 Å². The van der Waals surface area contributed by atoms with Crippen LogP contribution < -0.4 is 0 Å². The minimum Gasteiger partial charge on any atom is -0.387 e.